The molecule has 0 bridgehead atoms. The van der Waals surface area contributed by atoms with Gasteiger partial charge in [0, 0.05) is 32.9 Å². The molecule has 1 aromatic carbocycles. The van der Waals surface area contributed by atoms with E-state index in [1.165, 1.54) is 0 Å². The van der Waals surface area contributed by atoms with Crippen LogP contribution in [0.1, 0.15) is 12.2 Å². The molecule has 1 heterocycles. The molecule has 0 radical (unpaired) electrons. The number of aliphatic imine (C=N–C) groups is 1. The summed E-state index contributed by atoms with van der Waals surface area (Å²) in [6, 6.07) is 7.62. The van der Waals surface area contributed by atoms with Gasteiger partial charge in [0.15, 0.2) is 11.8 Å². The summed E-state index contributed by atoms with van der Waals surface area (Å²) >= 11 is 0. The first-order valence-corrected chi connectivity index (χ1v) is 8.83. The lowest BCUT2D eigenvalue weighted by atomic mass is 10.2. The van der Waals surface area contributed by atoms with Crippen molar-refractivity contribution in [3.05, 3.63) is 30.1 Å². The molecule has 9 nitrogen and oxygen atoms in total. The summed E-state index contributed by atoms with van der Waals surface area (Å²) in [5.41, 5.74) is 0.925. The minimum atomic E-state index is 0. The number of halogens is 1. The van der Waals surface area contributed by atoms with Crippen LogP contribution in [-0.4, -0.2) is 68.8 Å². The van der Waals surface area contributed by atoms with Gasteiger partial charge in [-0.15, -0.1) is 24.0 Å². The molecule has 0 saturated carbocycles. The number of benzene rings is 1. The zero-order valence-corrected chi connectivity index (χ0v) is 18.9. The number of nitrogens with one attached hydrogen (secondary N) is 3. The van der Waals surface area contributed by atoms with Crippen LogP contribution in [0, 0.1) is 0 Å². The number of aromatic nitrogens is 3. The number of guanidine groups is 1. The highest BCUT2D eigenvalue weighted by Crippen LogP contribution is 2.18. The Kier molecular flexibility index (Phi) is 12.2. The van der Waals surface area contributed by atoms with Crippen molar-refractivity contribution in [2.24, 2.45) is 4.99 Å². The van der Waals surface area contributed by atoms with Crippen molar-refractivity contribution in [2.75, 3.05) is 47.6 Å². The van der Waals surface area contributed by atoms with Gasteiger partial charge in [0.25, 0.3) is 0 Å². The Hall–Kier alpha value is -1.92. The van der Waals surface area contributed by atoms with Crippen LogP contribution in [0.5, 0.6) is 5.75 Å². The third-order valence-electron chi connectivity index (χ3n) is 3.72. The number of ether oxygens (including phenoxy) is 3. The van der Waals surface area contributed by atoms with Gasteiger partial charge in [-0.05, 0) is 30.7 Å². The minimum absolute atomic E-state index is 0. The fourth-order valence-corrected chi connectivity index (χ4v) is 2.26. The molecular weight excluding hydrogens is 475 g/mol. The molecule has 0 unspecified atom stereocenters. The number of rotatable bonds is 11. The van der Waals surface area contributed by atoms with Gasteiger partial charge in [-0.2, -0.15) is 5.10 Å². The van der Waals surface area contributed by atoms with Crippen LogP contribution in [-0.2, 0) is 16.0 Å². The molecule has 28 heavy (non-hydrogen) atoms. The van der Waals surface area contributed by atoms with E-state index in [2.05, 4.69) is 30.8 Å². The van der Waals surface area contributed by atoms with E-state index in [0.29, 0.717) is 38.1 Å². The molecular formula is C18H29IN6O3. The molecule has 0 aliphatic heterocycles. The third kappa shape index (κ3) is 8.40. The summed E-state index contributed by atoms with van der Waals surface area (Å²) in [5, 5.41) is 13.6. The topological polar surface area (TPSA) is 106 Å². The van der Waals surface area contributed by atoms with Crippen LogP contribution in [0.25, 0.3) is 11.4 Å². The van der Waals surface area contributed by atoms with Gasteiger partial charge in [0.1, 0.15) is 11.6 Å². The zero-order valence-electron chi connectivity index (χ0n) is 16.5. The summed E-state index contributed by atoms with van der Waals surface area (Å²) in [4.78, 5) is 8.69. The highest BCUT2D eigenvalue weighted by atomic mass is 127. The van der Waals surface area contributed by atoms with Gasteiger partial charge < -0.3 is 24.8 Å². The maximum Gasteiger partial charge on any atom is 0.191 e. The molecule has 0 fully saturated rings. The number of aromatic amines is 1. The Morgan fingerprint density at radius 2 is 1.89 bits per heavy atom. The monoisotopic (exact) mass is 504 g/mol. The van der Waals surface area contributed by atoms with E-state index in [4.69, 9.17) is 14.2 Å². The van der Waals surface area contributed by atoms with E-state index < -0.39 is 0 Å². The fraction of sp³-hybridized carbons (Fsp3) is 0.500. The molecule has 0 aliphatic rings. The largest absolute Gasteiger partial charge is 0.497 e. The van der Waals surface area contributed by atoms with E-state index in [0.717, 1.165) is 30.1 Å². The van der Waals surface area contributed by atoms with Crippen molar-refractivity contribution in [2.45, 2.75) is 13.0 Å². The SMILES string of the molecule is CN=C(NCCCOCCOC)NCc1nc(-c2ccc(OC)cc2)n[nH]1.I. The number of H-pyrrole nitrogens is 1. The highest BCUT2D eigenvalue weighted by Gasteiger charge is 2.07. The smallest absolute Gasteiger partial charge is 0.191 e. The van der Waals surface area contributed by atoms with Crippen LogP contribution in [0.3, 0.4) is 0 Å². The lowest BCUT2D eigenvalue weighted by molar-refractivity contribution is 0.0698. The van der Waals surface area contributed by atoms with Gasteiger partial charge in [0.05, 0.1) is 26.9 Å². The molecule has 10 heteroatoms. The molecule has 0 aliphatic carbocycles. The Labute approximate surface area is 182 Å². The van der Waals surface area contributed by atoms with Gasteiger partial charge >= 0.3 is 0 Å². The van der Waals surface area contributed by atoms with Gasteiger partial charge in [0.2, 0.25) is 0 Å². The molecule has 0 saturated heterocycles. The highest BCUT2D eigenvalue weighted by molar-refractivity contribution is 14.0. The van der Waals surface area contributed by atoms with E-state index in [1.807, 2.05) is 24.3 Å². The first-order chi connectivity index (χ1) is 13.3. The van der Waals surface area contributed by atoms with Crippen LogP contribution >= 0.6 is 24.0 Å². The molecule has 0 amide bonds. The second-order valence-corrected chi connectivity index (χ2v) is 5.65. The minimum Gasteiger partial charge on any atom is -0.497 e. The fourth-order valence-electron chi connectivity index (χ4n) is 2.26. The van der Waals surface area contributed by atoms with Gasteiger partial charge in [-0.1, -0.05) is 0 Å². The van der Waals surface area contributed by atoms with Crippen LogP contribution in [0.15, 0.2) is 29.3 Å². The summed E-state index contributed by atoms with van der Waals surface area (Å²) in [6.07, 6.45) is 0.883. The number of hydrogen-bond donors (Lipinski definition) is 3. The average Bonchev–Trinajstić information content (AvgIpc) is 3.18. The predicted molar refractivity (Wildman–Crippen MR) is 119 cm³/mol. The molecule has 2 aromatic rings. The van der Waals surface area contributed by atoms with Gasteiger partial charge in [-0.3, -0.25) is 10.1 Å². The average molecular weight is 504 g/mol. The number of hydrogen-bond acceptors (Lipinski definition) is 6. The normalized spacial score (nSPS) is 11.0. The molecule has 1 aromatic heterocycles. The van der Waals surface area contributed by atoms with Crippen LogP contribution < -0.4 is 15.4 Å². The predicted octanol–water partition coefficient (Wildman–Crippen LogP) is 1.82. The summed E-state index contributed by atoms with van der Waals surface area (Å²) in [6.45, 7) is 3.17. The Morgan fingerprint density at radius 1 is 1.11 bits per heavy atom. The summed E-state index contributed by atoms with van der Waals surface area (Å²) in [5.74, 6) is 2.88. The lowest BCUT2D eigenvalue weighted by Crippen LogP contribution is -2.37. The van der Waals surface area contributed by atoms with E-state index in [1.54, 1.807) is 21.3 Å². The van der Waals surface area contributed by atoms with Crippen molar-refractivity contribution in [1.29, 1.82) is 0 Å². The van der Waals surface area contributed by atoms with Crippen molar-refractivity contribution in [3.8, 4) is 17.1 Å². The molecule has 3 N–H and O–H groups in total. The van der Waals surface area contributed by atoms with Crippen molar-refractivity contribution in [3.63, 3.8) is 0 Å². The Morgan fingerprint density at radius 3 is 2.57 bits per heavy atom. The van der Waals surface area contributed by atoms with E-state index in [-0.39, 0.29) is 24.0 Å². The maximum absolute atomic E-state index is 5.42. The second-order valence-electron chi connectivity index (χ2n) is 5.65. The zero-order chi connectivity index (χ0) is 19.3. The van der Waals surface area contributed by atoms with Crippen LogP contribution in [0.2, 0.25) is 0 Å². The molecule has 0 atom stereocenters. The Bertz CT molecular complexity index is 693. The maximum atomic E-state index is 5.42. The molecule has 0 spiro atoms. The number of nitrogens with zero attached hydrogens (tertiary/aromatic N) is 3. The van der Waals surface area contributed by atoms with Crippen molar-refractivity contribution in [1.82, 2.24) is 25.8 Å². The van der Waals surface area contributed by atoms with E-state index >= 15 is 0 Å². The van der Waals surface area contributed by atoms with E-state index in [9.17, 15) is 0 Å². The van der Waals surface area contributed by atoms with Gasteiger partial charge in [-0.25, -0.2) is 4.98 Å². The standard InChI is InChI=1S/C18H28N6O3.HI/c1-19-18(20-9-4-10-27-12-11-25-2)21-13-16-22-17(24-23-16)14-5-7-15(26-3)8-6-14;/h5-8H,4,9-13H2,1-3H3,(H2,19,20,21)(H,22,23,24);1H. The van der Waals surface area contributed by atoms with Crippen molar-refractivity contribution < 1.29 is 14.2 Å². The summed E-state index contributed by atoms with van der Waals surface area (Å²) in [7, 11) is 5.03. The summed E-state index contributed by atoms with van der Waals surface area (Å²) < 4.78 is 15.5. The van der Waals surface area contributed by atoms with Crippen LogP contribution in [0.4, 0.5) is 0 Å². The second kappa shape index (κ2) is 14.1. The lowest BCUT2D eigenvalue weighted by Gasteiger charge is -2.10. The molecule has 156 valence electrons. The Balaban J connectivity index is 0.00000392. The first kappa shape index (κ1) is 24.1. The first-order valence-electron chi connectivity index (χ1n) is 8.83. The quantitative estimate of drug-likeness (QED) is 0.186. The molecule has 2 rings (SSSR count). The number of methoxy groups -OCH3 is 2. The third-order valence-corrected chi connectivity index (χ3v) is 3.72. The van der Waals surface area contributed by atoms with Crippen molar-refractivity contribution >= 4 is 29.9 Å².